The Labute approximate surface area is 112 Å². The van der Waals surface area contributed by atoms with E-state index in [4.69, 9.17) is 4.74 Å². The molecule has 0 spiro atoms. The average molecular weight is 256 g/mol. The van der Waals surface area contributed by atoms with Crippen molar-refractivity contribution >= 4 is 11.7 Å². The van der Waals surface area contributed by atoms with Gasteiger partial charge in [-0.2, -0.15) is 0 Å². The highest BCUT2D eigenvalue weighted by atomic mass is 16.5. The summed E-state index contributed by atoms with van der Waals surface area (Å²) in [6.07, 6.45) is 3.49. The summed E-state index contributed by atoms with van der Waals surface area (Å²) in [5, 5.41) is 3.24. The summed E-state index contributed by atoms with van der Waals surface area (Å²) in [6, 6.07) is 9.53. The molecule has 0 radical (unpaired) electrons. The second kappa shape index (κ2) is 6.00. The van der Waals surface area contributed by atoms with Crippen molar-refractivity contribution in [2.24, 2.45) is 0 Å². The zero-order chi connectivity index (χ0) is 13.7. The van der Waals surface area contributed by atoms with E-state index in [1.165, 1.54) is 7.11 Å². The minimum atomic E-state index is -0.332. The highest BCUT2D eigenvalue weighted by Crippen LogP contribution is 2.19. The van der Waals surface area contributed by atoms with E-state index in [9.17, 15) is 4.79 Å². The number of methoxy groups -OCH3 is 1. The highest BCUT2D eigenvalue weighted by molar-refractivity contribution is 5.95. The fourth-order valence-electron chi connectivity index (χ4n) is 1.79. The molecule has 0 saturated heterocycles. The molecule has 0 aliphatic carbocycles. The van der Waals surface area contributed by atoms with Crippen LogP contribution in [0.5, 0.6) is 0 Å². The molecule has 0 bridgehead atoms. The number of benzene rings is 1. The van der Waals surface area contributed by atoms with Crippen molar-refractivity contribution in [1.29, 1.82) is 0 Å². The maximum Gasteiger partial charge on any atom is 0.339 e. The number of carbonyl (C=O) groups is 1. The maximum atomic E-state index is 11.7. The number of pyridine rings is 1. The molecule has 1 aromatic carbocycles. The fraction of sp³-hybridized carbons (Fsp3) is 0.200. The van der Waals surface area contributed by atoms with Crippen LogP contribution in [-0.2, 0) is 11.3 Å². The number of carbonyl (C=O) groups excluding carboxylic acids is 1. The van der Waals surface area contributed by atoms with Gasteiger partial charge in [0.2, 0.25) is 0 Å². The number of anilines is 1. The number of hydrogen-bond acceptors (Lipinski definition) is 4. The van der Waals surface area contributed by atoms with Crippen LogP contribution in [0.15, 0.2) is 42.7 Å². The monoisotopic (exact) mass is 256 g/mol. The Hall–Kier alpha value is -2.36. The van der Waals surface area contributed by atoms with Gasteiger partial charge >= 0.3 is 5.97 Å². The predicted molar refractivity (Wildman–Crippen MR) is 74.1 cm³/mol. The van der Waals surface area contributed by atoms with Crippen molar-refractivity contribution in [3.63, 3.8) is 0 Å². The number of nitrogens with one attached hydrogen (secondary N) is 1. The zero-order valence-corrected chi connectivity index (χ0v) is 11.0. The molecule has 2 aromatic rings. The van der Waals surface area contributed by atoms with Crippen molar-refractivity contribution in [1.82, 2.24) is 4.98 Å². The fourth-order valence-corrected chi connectivity index (χ4v) is 1.79. The third-order valence-electron chi connectivity index (χ3n) is 2.81. The van der Waals surface area contributed by atoms with Gasteiger partial charge in [0, 0.05) is 24.6 Å². The Bertz CT molecular complexity index is 568. The first-order valence-corrected chi connectivity index (χ1v) is 6.02. The first-order chi connectivity index (χ1) is 9.20. The smallest absolute Gasteiger partial charge is 0.339 e. The molecule has 0 aliphatic rings. The van der Waals surface area contributed by atoms with Crippen LogP contribution in [0.4, 0.5) is 5.69 Å². The lowest BCUT2D eigenvalue weighted by molar-refractivity contribution is 0.0601. The van der Waals surface area contributed by atoms with Crippen molar-refractivity contribution in [3.05, 3.63) is 59.4 Å². The largest absolute Gasteiger partial charge is 0.465 e. The molecule has 0 amide bonds. The highest BCUT2D eigenvalue weighted by Gasteiger charge is 2.11. The molecule has 1 N–H and O–H groups in total. The van der Waals surface area contributed by atoms with Crippen LogP contribution in [0.25, 0.3) is 0 Å². The van der Waals surface area contributed by atoms with E-state index in [1.807, 2.05) is 37.3 Å². The van der Waals surface area contributed by atoms with Gasteiger partial charge in [-0.3, -0.25) is 4.98 Å². The molecule has 1 heterocycles. The van der Waals surface area contributed by atoms with Gasteiger partial charge in [0.05, 0.1) is 12.7 Å². The summed E-state index contributed by atoms with van der Waals surface area (Å²) < 4.78 is 4.80. The average Bonchev–Trinajstić information content (AvgIpc) is 2.46. The molecule has 0 saturated carbocycles. The van der Waals surface area contributed by atoms with Crippen molar-refractivity contribution in [2.75, 3.05) is 12.4 Å². The minimum absolute atomic E-state index is 0.332. The minimum Gasteiger partial charge on any atom is -0.465 e. The summed E-state index contributed by atoms with van der Waals surface area (Å²) in [5.41, 5.74) is 3.45. The Balaban J connectivity index is 2.18. The van der Waals surface area contributed by atoms with Gasteiger partial charge in [-0.1, -0.05) is 11.6 Å². The summed E-state index contributed by atoms with van der Waals surface area (Å²) in [5.74, 6) is -0.332. The van der Waals surface area contributed by atoms with Gasteiger partial charge < -0.3 is 10.1 Å². The molecule has 4 heteroatoms. The number of aryl methyl sites for hydroxylation is 1. The van der Waals surface area contributed by atoms with Crippen molar-refractivity contribution in [3.8, 4) is 0 Å². The van der Waals surface area contributed by atoms with Crippen LogP contribution in [0.1, 0.15) is 21.5 Å². The SMILES string of the molecule is COC(=O)c1cc(C)ccc1NCc1ccncc1. The summed E-state index contributed by atoms with van der Waals surface area (Å²) >= 11 is 0. The van der Waals surface area contributed by atoms with Gasteiger partial charge in [0.15, 0.2) is 0 Å². The Kier molecular flexibility index (Phi) is 4.13. The van der Waals surface area contributed by atoms with Crippen LogP contribution in [0.2, 0.25) is 0 Å². The van der Waals surface area contributed by atoms with E-state index < -0.39 is 0 Å². The molecule has 0 unspecified atom stereocenters. The van der Waals surface area contributed by atoms with Crippen LogP contribution >= 0.6 is 0 Å². The topological polar surface area (TPSA) is 51.2 Å². The van der Waals surface area contributed by atoms with Gasteiger partial charge in [0.25, 0.3) is 0 Å². The predicted octanol–water partition coefficient (Wildman–Crippen LogP) is 2.79. The molecule has 2 rings (SSSR count). The molecule has 19 heavy (non-hydrogen) atoms. The van der Waals surface area contributed by atoms with E-state index in [-0.39, 0.29) is 5.97 Å². The lowest BCUT2D eigenvalue weighted by atomic mass is 10.1. The number of ether oxygens (including phenoxy) is 1. The number of aromatic nitrogens is 1. The number of hydrogen-bond donors (Lipinski definition) is 1. The molecule has 98 valence electrons. The third kappa shape index (κ3) is 3.31. The van der Waals surface area contributed by atoms with E-state index >= 15 is 0 Å². The number of rotatable bonds is 4. The standard InChI is InChI=1S/C15H16N2O2/c1-11-3-4-14(13(9-11)15(18)19-2)17-10-12-5-7-16-8-6-12/h3-9,17H,10H2,1-2H3. The van der Waals surface area contributed by atoms with E-state index in [1.54, 1.807) is 12.4 Å². The molecule has 4 nitrogen and oxygen atoms in total. The van der Waals surface area contributed by atoms with E-state index in [2.05, 4.69) is 10.3 Å². The van der Waals surface area contributed by atoms with Crippen LogP contribution in [0.3, 0.4) is 0 Å². The van der Waals surface area contributed by atoms with Crippen LogP contribution < -0.4 is 5.32 Å². The zero-order valence-electron chi connectivity index (χ0n) is 11.0. The molecular formula is C15H16N2O2. The summed E-state index contributed by atoms with van der Waals surface area (Å²) in [4.78, 5) is 15.7. The first kappa shape index (κ1) is 13.1. The second-order valence-electron chi connectivity index (χ2n) is 4.25. The molecule has 1 aromatic heterocycles. The van der Waals surface area contributed by atoms with Crippen LogP contribution in [0, 0.1) is 6.92 Å². The Morgan fingerprint density at radius 2 is 2.00 bits per heavy atom. The maximum absolute atomic E-state index is 11.7. The number of esters is 1. The van der Waals surface area contributed by atoms with Gasteiger partial charge in [-0.05, 0) is 36.8 Å². The molecule has 0 aliphatic heterocycles. The van der Waals surface area contributed by atoms with E-state index in [0.29, 0.717) is 12.1 Å². The van der Waals surface area contributed by atoms with Gasteiger partial charge in [-0.25, -0.2) is 4.79 Å². The Morgan fingerprint density at radius 3 is 2.68 bits per heavy atom. The lowest BCUT2D eigenvalue weighted by Gasteiger charge is -2.11. The van der Waals surface area contributed by atoms with Gasteiger partial charge in [-0.15, -0.1) is 0 Å². The third-order valence-corrected chi connectivity index (χ3v) is 2.81. The van der Waals surface area contributed by atoms with Gasteiger partial charge in [0.1, 0.15) is 0 Å². The lowest BCUT2D eigenvalue weighted by Crippen LogP contribution is -2.08. The van der Waals surface area contributed by atoms with Crippen molar-refractivity contribution in [2.45, 2.75) is 13.5 Å². The number of nitrogens with zero attached hydrogens (tertiary/aromatic N) is 1. The summed E-state index contributed by atoms with van der Waals surface area (Å²) in [7, 11) is 1.39. The second-order valence-corrected chi connectivity index (χ2v) is 4.25. The van der Waals surface area contributed by atoms with Crippen molar-refractivity contribution < 1.29 is 9.53 Å². The Morgan fingerprint density at radius 1 is 1.26 bits per heavy atom. The molecule has 0 atom stereocenters. The molecular weight excluding hydrogens is 240 g/mol. The van der Waals surface area contributed by atoms with E-state index in [0.717, 1.165) is 16.8 Å². The summed E-state index contributed by atoms with van der Waals surface area (Å²) in [6.45, 7) is 2.58. The quantitative estimate of drug-likeness (QED) is 0.855. The van der Waals surface area contributed by atoms with Crippen LogP contribution in [-0.4, -0.2) is 18.1 Å². The normalized spacial score (nSPS) is 10.0. The first-order valence-electron chi connectivity index (χ1n) is 6.02. The molecule has 0 fully saturated rings.